The first-order chi connectivity index (χ1) is 9.38. The van der Waals surface area contributed by atoms with Gasteiger partial charge in [0.15, 0.2) is 18.1 Å². The van der Waals surface area contributed by atoms with E-state index >= 15 is 0 Å². The van der Waals surface area contributed by atoms with Crippen molar-refractivity contribution >= 4 is 18.3 Å². The van der Waals surface area contributed by atoms with E-state index in [9.17, 15) is 4.79 Å². The molecule has 0 aliphatic carbocycles. The van der Waals surface area contributed by atoms with Gasteiger partial charge in [-0.2, -0.15) is 0 Å². The lowest BCUT2D eigenvalue weighted by molar-refractivity contribution is -0.119. The smallest absolute Gasteiger partial charge is 0.255 e. The third kappa shape index (κ3) is 6.69. The molecule has 0 unspecified atom stereocenters. The van der Waals surface area contributed by atoms with Crippen LogP contribution >= 0.6 is 12.4 Å². The van der Waals surface area contributed by atoms with E-state index in [0.29, 0.717) is 11.5 Å². The van der Waals surface area contributed by atoms with Crippen molar-refractivity contribution in [2.45, 2.75) is 39.3 Å². The van der Waals surface area contributed by atoms with E-state index in [4.69, 9.17) is 15.2 Å². The SMILES string of the molecule is CCC(C)(C)NCc1ccc(OCC(N)=O)c(OC)c1.Cl. The monoisotopic (exact) mass is 316 g/mol. The van der Waals surface area contributed by atoms with Crippen LogP contribution in [-0.2, 0) is 11.3 Å². The molecule has 0 bridgehead atoms. The Balaban J connectivity index is 0.00000400. The first-order valence-corrected chi connectivity index (χ1v) is 6.71. The number of hydrogen-bond acceptors (Lipinski definition) is 4. The van der Waals surface area contributed by atoms with Crippen molar-refractivity contribution in [3.63, 3.8) is 0 Å². The number of nitrogens with two attached hydrogens (primary N) is 1. The second kappa shape index (κ2) is 8.74. The first-order valence-electron chi connectivity index (χ1n) is 6.71. The zero-order valence-corrected chi connectivity index (χ0v) is 13.9. The molecule has 0 atom stereocenters. The minimum atomic E-state index is -0.512. The van der Waals surface area contributed by atoms with Crippen molar-refractivity contribution in [2.24, 2.45) is 5.73 Å². The lowest BCUT2D eigenvalue weighted by Crippen LogP contribution is -2.37. The topological polar surface area (TPSA) is 73.6 Å². The second-order valence-electron chi connectivity index (χ2n) is 5.33. The quantitative estimate of drug-likeness (QED) is 0.771. The van der Waals surface area contributed by atoms with E-state index < -0.39 is 5.91 Å². The van der Waals surface area contributed by atoms with Gasteiger partial charge >= 0.3 is 0 Å². The van der Waals surface area contributed by atoms with E-state index in [0.717, 1.165) is 18.5 Å². The van der Waals surface area contributed by atoms with Crippen molar-refractivity contribution in [3.05, 3.63) is 23.8 Å². The van der Waals surface area contributed by atoms with E-state index in [1.54, 1.807) is 13.2 Å². The Hall–Kier alpha value is -1.46. The molecule has 6 heteroatoms. The van der Waals surface area contributed by atoms with Gasteiger partial charge in [-0.25, -0.2) is 0 Å². The fraction of sp³-hybridized carbons (Fsp3) is 0.533. The summed E-state index contributed by atoms with van der Waals surface area (Å²) in [6, 6.07) is 5.63. The van der Waals surface area contributed by atoms with E-state index in [1.165, 1.54) is 0 Å². The molecule has 0 radical (unpaired) electrons. The molecule has 1 rings (SSSR count). The average molecular weight is 317 g/mol. The molecule has 5 nitrogen and oxygen atoms in total. The Morgan fingerprint density at radius 1 is 1.33 bits per heavy atom. The van der Waals surface area contributed by atoms with Gasteiger partial charge in [0.05, 0.1) is 7.11 Å². The van der Waals surface area contributed by atoms with Crippen LogP contribution in [0.25, 0.3) is 0 Å². The summed E-state index contributed by atoms with van der Waals surface area (Å²) in [5, 5.41) is 3.48. The number of ether oxygens (including phenoxy) is 2. The van der Waals surface area contributed by atoms with Crippen LogP contribution in [0, 0.1) is 0 Å². The molecule has 0 fully saturated rings. The molecular weight excluding hydrogens is 292 g/mol. The summed E-state index contributed by atoms with van der Waals surface area (Å²) in [5.41, 5.74) is 6.24. The van der Waals surface area contributed by atoms with Crippen LogP contribution in [0.3, 0.4) is 0 Å². The molecular formula is C15H25ClN2O3. The normalized spacial score (nSPS) is 10.7. The highest BCUT2D eigenvalue weighted by atomic mass is 35.5. The summed E-state index contributed by atoms with van der Waals surface area (Å²) >= 11 is 0. The Bertz CT molecular complexity index is 464. The van der Waals surface area contributed by atoms with Crippen molar-refractivity contribution in [2.75, 3.05) is 13.7 Å². The van der Waals surface area contributed by atoms with Crippen LogP contribution in [0.4, 0.5) is 0 Å². The number of nitrogens with one attached hydrogen (secondary N) is 1. The number of amides is 1. The van der Waals surface area contributed by atoms with Crippen molar-refractivity contribution in [3.8, 4) is 11.5 Å². The lowest BCUT2D eigenvalue weighted by atomic mass is 10.0. The molecule has 0 saturated heterocycles. The third-order valence-electron chi connectivity index (χ3n) is 3.25. The highest BCUT2D eigenvalue weighted by molar-refractivity contribution is 5.85. The number of hydrogen-bond donors (Lipinski definition) is 2. The number of halogens is 1. The van der Waals surface area contributed by atoms with Crippen molar-refractivity contribution in [1.82, 2.24) is 5.32 Å². The van der Waals surface area contributed by atoms with Gasteiger partial charge in [-0.05, 0) is 38.0 Å². The van der Waals surface area contributed by atoms with Crippen molar-refractivity contribution < 1.29 is 14.3 Å². The summed E-state index contributed by atoms with van der Waals surface area (Å²) in [6.45, 7) is 7.06. The molecule has 3 N–H and O–H groups in total. The molecule has 0 heterocycles. The highest BCUT2D eigenvalue weighted by Gasteiger charge is 2.14. The largest absolute Gasteiger partial charge is 0.493 e. The minimum Gasteiger partial charge on any atom is -0.493 e. The van der Waals surface area contributed by atoms with Gasteiger partial charge in [-0.3, -0.25) is 4.79 Å². The predicted molar refractivity (Wildman–Crippen MR) is 86.1 cm³/mol. The molecule has 0 aliphatic heterocycles. The predicted octanol–water partition coefficient (Wildman–Crippen LogP) is 2.26. The standard InChI is InChI=1S/C15H24N2O3.ClH/c1-5-15(2,3)17-9-11-6-7-12(13(8-11)19-4)20-10-14(16)18;/h6-8,17H,5,9-10H2,1-4H3,(H2,16,18);1H. The van der Waals surface area contributed by atoms with Gasteiger partial charge < -0.3 is 20.5 Å². The first kappa shape index (κ1) is 19.5. The highest BCUT2D eigenvalue weighted by Crippen LogP contribution is 2.28. The van der Waals surface area contributed by atoms with Gasteiger partial charge in [0.1, 0.15) is 0 Å². The molecule has 0 spiro atoms. The summed E-state index contributed by atoms with van der Waals surface area (Å²) in [4.78, 5) is 10.7. The van der Waals surface area contributed by atoms with Crippen LogP contribution in [0.5, 0.6) is 11.5 Å². The van der Waals surface area contributed by atoms with Gasteiger partial charge in [0.25, 0.3) is 5.91 Å². The summed E-state index contributed by atoms with van der Waals surface area (Å²) < 4.78 is 10.6. The molecule has 0 aromatic heterocycles. The number of methoxy groups -OCH3 is 1. The Labute approximate surface area is 132 Å². The Morgan fingerprint density at radius 2 is 2.00 bits per heavy atom. The van der Waals surface area contributed by atoms with Gasteiger partial charge in [-0.1, -0.05) is 13.0 Å². The van der Waals surface area contributed by atoms with Crippen LogP contribution in [0.1, 0.15) is 32.8 Å². The minimum absolute atomic E-state index is 0. The average Bonchev–Trinajstić information content (AvgIpc) is 2.43. The zero-order valence-electron chi connectivity index (χ0n) is 13.1. The summed E-state index contributed by atoms with van der Waals surface area (Å²) in [7, 11) is 1.57. The number of carbonyl (C=O) groups is 1. The van der Waals surface area contributed by atoms with Crippen LogP contribution in [0.2, 0.25) is 0 Å². The maximum Gasteiger partial charge on any atom is 0.255 e. The van der Waals surface area contributed by atoms with E-state index in [1.807, 2.05) is 12.1 Å². The van der Waals surface area contributed by atoms with E-state index in [2.05, 4.69) is 26.1 Å². The molecule has 1 amide bonds. The van der Waals surface area contributed by atoms with Gasteiger partial charge in [-0.15, -0.1) is 12.4 Å². The Morgan fingerprint density at radius 3 is 2.52 bits per heavy atom. The number of carbonyl (C=O) groups excluding carboxylic acids is 1. The Kier molecular flexibility index (Phi) is 8.14. The van der Waals surface area contributed by atoms with Gasteiger partial charge in [0, 0.05) is 12.1 Å². The maximum absolute atomic E-state index is 10.7. The van der Waals surface area contributed by atoms with Crippen LogP contribution < -0.4 is 20.5 Å². The molecule has 1 aromatic rings. The molecule has 1 aromatic carbocycles. The molecule has 0 aliphatic rings. The summed E-state index contributed by atoms with van der Waals surface area (Å²) in [5.74, 6) is 0.604. The summed E-state index contributed by atoms with van der Waals surface area (Å²) in [6.07, 6.45) is 1.05. The number of rotatable bonds is 8. The van der Waals surface area contributed by atoms with Crippen LogP contribution in [0.15, 0.2) is 18.2 Å². The maximum atomic E-state index is 10.7. The fourth-order valence-corrected chi connectivity index (χ4v) is 1.56. The lowest BCUT2D eigenvalue weighted by Gasteiger charge is -2.24. The molecule has 0 saturated carbocycles. The van der Waals surface area contributed by atoms with Gasteiger partial charge in [0.2, 0.25) is 0 Å². The zero-order chi connectivity index (χ0) is 15.2. The molecule has 120 valence electrons. The van der Waals surface area contributed by atoms with E-state index in [-0.39, 0.29) is 24.6 Å². The molecule has 21 heavy (non-hydrogen) atoms. The fourth-order valence-electron chi connectivity index (χ4n) is 1.56. The van der Waals surface area contributed by atoms with Crippen molar-refractivity contribution in [1.29, 1.82) is 0 Å². The second-order valence-corrected chi connectivity index (χ2v) is 5.33. The van der Waals surface area contributed by atoms with Crippen LogP contribution in [-0.4, -0.2) is 25.2 Å². The number of benzene rings is 1. The number of primary amides is 1. The third-order valence-corrected chi connectivity index (χ3v) is 3.25.